The van der Waals surface area contributed by atoms with E-state index in [0.29, 0.717) is 17.2 Å². The van der Waals surface area contributed by atoms with Crippen molar-refractivity contribution in [1.82, 2.24) is 5.32 Å². The molecule has 0 aromatic heterocycles. The minimum absolute atomic E-state index is 0.0960. The Morgan fingerprint density at radius 1 is 1.00 bits per heavy atom. The molecule has 1 amide bonds. The smallest absolute Gasteiger partial charge is 0.241 e. The second kappa shape index (κ2) is 8.28. The summed E-state index contributed by atoms with van der Waals surface area (Å²) in [5.41, 5.74) is 2.43. The van der Waals surface area contributed by atoms with E-state index in [2.05, 4.69) is 42.7 Å². The van der Waals surface area contributed by atoms with Gasteiger partial charge in [0.25, 0.3) is 0 Å². The fourth-order valence-electron chi connectivity index (χ4n) is 2.56. The Kier molecular flexibility index (Phi) is 6.11. The standard InChI is InChI=1S/C20H23N3O/c1-14(2)19(17-7-5-4-6-8-17)22-15(3)20(24)23-18-11-9-16(13-21)10-12-18/h4-12,14-15,19,22H,1-3H3,(H,23,24)/t15-,19+/m0/s1. The molecule has 0 saturated carbocycles. The van der Waals surface area contributed by atoms with Crippen LogP contribution in [0.1, 0.15) is 37.9 Å². The maximum absolute atomic E-state index is 12.4. The highest BCUT2D eigenvalue weighted by atomic mass is 16.2. The minimum atomic E-state index is -0.340. The van der Waals surface area contributed by atoms with Gasteiger partial charge in [-0.3, -0.25) is 10.1 Å². The number of amides is 1. The Morgan fingerprint density at radius 3 is 2.17 bits per heavy atom. The van der Waals surface area contributed by atoms with E-state index in [9.17, 15) is 4.79 Å². The monoisotopic (exact) mass is 321 g/mol. The average Bonchev–Trinajstić information content (AvgIpc) is 2.60. The first kappa shape index (κ1) is 17.7. The van der Waals surface area contributed by atoms with Crippen LogP contribution in [0.3, 0.4) is 0 Å². The van der Waals surface area contributed by atoms with Crippen molar-refractivity contribution < 1.29 is 4.79 Å². The van der Waals surface area contributed by atoms with E-state index in [1.807, 2.05) is 25.1 Å². The van der Waals surface area contributed by atoms with Crippen LogP contribution >= 0.6 is 0 Å². The molecule has 24 heavy (non-hydrogen) atoms. The van der Waals surface area contributed by atoms with Crippen molar-refractivity contribution in [3.63, 3.8) is 0 Å². The summed E-state index contributed by atoms with van der Waals surface area (Å²) in [6, 6.07) is 18.8. The second-order valence-corrected chi connectivity index (χ2v) is 6.20. The van der Waals surface area contributed by atoms with Crippen LogP contribution in [0.5, 0.6) is 0 Å². The van der Waals surface area contributed by atoms with E-state index < -0.39 is 0 Å². The van der Waals surface area contributed by atoms with Gasteiger partial charge in [0.2, 0.25) is 5.91 Å². The molecular formula is C20H23N3O. The van der Waals surface area contributed by atoms with Crippen LogP contribution in [-0.2, 0) is 4.79 Å². The Bertz CT molecular complexity index is 702. The molecule has 124 valence electrons. The first-order chi connectivity index (χ1) is 11.5. The molecule has 0 saturated heterocycles. The average molecular weight is 321 g/mol. The first-order valence-corrected chi connectivity index (χ1v) is 8.13. The summed E-state index contributed by atoms with van der Waals surface area (Å²) in [5.74, 6) is 0.263. The van der Waals surface area contributed by atoms with Crippen molar-refractivity contribution in [2.75, 3.05) is 5.32 Å². The van der Waals surface area contributed by atoms with Crippen LogP contribution in [0, 0.1) is 17.2 Å². The first-order valence-electron chi connectivity index (χ1n) is 8.13. The molecule has 2 aromatic carbocycles. The van der Waals surface area contributed by atoms with Crippen LogP contribution in [-0.4, -0.2) is 11.9 Å². The summed E-state index contributed by atoms with van der Waals surface area (Å²) < 4.78 is 0. The number of nitrogens with zero attached hydrogens (tertiary/aromatic N) is 1. The summed E-state index contributed by atoms with van der Waals surface area (Å²) in [4.78, 5) is 12.4. The lowest BCUT2D eigenvalue weighted by Crippen LogP contribution is -2.41. The maximum Gasteiger partial charge on any atom is 0.241 e. The minimum Gasteiger partial charge on any atom is -0.325 e. The Labute approximate surface area is 143 Å². The lowest BCUT2D eigenvalue weighted by molar-refractivity contribution is -0.118. The van der Waals surface area contributed by atoms with Crippen molar-refractivity contribution in [2.45, 2.75) is 32.9 Å². The molecule has 4 heteroatoms. The highest BCUT2D eigenvalue weighted by Gasteiger charge is 2.21. The third-order valence-electron chi connectivity index (χ3n) is 3.93. The normalized spacial score (nSPS) is 13.1. The van der Waals surface area contributed by atoms with E-state index in [4.69, 9.17) is 5.26 Å². The molecule has 0 spiro atoms. The van der Waals surface area contributed by atoms with E-state index >= 15 is 0 Å². The molecule has 0 unspecified atom stereocenters. The molecule has 0 aliphatic rings. The predicted octanol–water partition coefficient (Wildman–Crippen LogP) is 3.87. The van der Waals surface area contributed by atoms with Crippen molar-refractivity contribution in [3.8, 4) is 6.07 Å². The molecule has 2 rings (SSSR count). The summed E-state index contributed by atoms with van der Waals surface area (Å²) in [7, 11) is 0. The van der Waals surface area contributed by atoms with E-state index in [-0.39, 0.29) is 18.0 Å². The third kappa shape index (κ3) is 4.68. The molecule has 0 aliphatic heterocycles. The molecule has 2 N–H and O–H groups in total. The molecule has 2 aromatic rings. The zero-order chi connectivity index (χ0) is 17.5. The molecule has 4 nitrogen and oxygen atoms in total. The van der Waals surface area contributed by atoms with Crippen LogP contribution in [0.4, 0.5) is 5.69 Å². The fraction of sp³-hybridized carbons (Fsp3) is 0.300. The van der Waals surface area contributed by atoms with Crippen molar-refractivity contribution in [3.05, 3.63) is 65.7 Å². The number of anilines is 1. The van der Waals surface area contributed by atoms with Gasteiger partial charge in [-0.1, -0.05) is 44.2 Å². The van der Waals surface area contributed by atoms with Gasteiger partial charge < -0.3 is 5.32 Å². The molecule has 0 bridgehead atoms. The lowest BCUT2D eigenvalue weighted by atomic mass is 9.95. The molecule has 0 fully saturated rings. The summed E-state index contributed by atoms with van der Waals surface area (Å²) >= 11 is 0. The molecular weight excluding hydrogens is 298 g/mol. The van der Waals surface area contributed by atoms with E-state index in [1.165, 1.54) is 5.56 Å². The topological polar surface area (TPSA) is 64.9 Å². The predicted molar refractivity (Wildman–Crippen MR) is 96.4 cm³/mol. The Balaban J connectivity index is 2.02. The van der Waals surface area contributed by atoms with Gasteiger partial charge in [-0.05, 0) is 42.7 Å². The lowest BCUT2D eigenvalue weighted by Gasteiger charge is -2.26. The Hall–Kier alpha value is -2.64. The van der Waals surface area contributed by atoms with Gasteiger partial charge in [0, 0.05) is 11.7 Å². The van der Waals surface area contributed by atoms with Gasteiger partial charge in [-0.15, -0.1) is 0 Å². The number of carbonyl (C=O) groups is 1. The summed E-state index contributed by atoms with van der Waals surface area (Å²) in [6.45, 7) is 6.13. The number of hydrogen-bond donors (Lipinski definition) is 2. The van der Waals surface area contributed by atoms with Crippen molar-refractivity contribution in [2.24, 2.45) is 5.92 Å². The van der Waals surface area contributed by atoms with Crippen LogP contribution in [0.2, 0.25) is 0 Å². The van der Waals surface area contributed by atoms with E-state index in [0.717, 1.165) is 0 Å². The SMILES string of the molecule is CC(C)[C@@H](N[C@@H](C)C(=O)Nc1ccc(C#N)cc1)c1ccccc1. The quantitative estimate of drug-likeness (QED) is 0.849. The molecule has 0 heterocycles. The number of carbonyl (C=O) groups excluding carboxylic acids is 1. The van der Waals surface area contributed by atoms with Crippen LogP contribution < -0.4 is 10.6 Å². The number of benzene rings is 2. The van der Waals surface area contributed by atoms with Crippen molar-refractivity contribution in [1.29, 1.82) is 5.26 Å². The van der Waals surface area contributed by atoms with E-state index in [1.54, 1.807) is 24.3 Å². The maximum atomic E-state index is 12.4. The molecule has 0 aliphatic carbocycles. The number of nitrogens with one attached hydrogen (secondary N) is 2. The second-order valence-electron chi connectivity index (χ2n) is 6.20. The summed E-state index contributed by atoms with van der Waals surface area (Å²) in [5, 5.41) is 15.1. The van der Waals surface area contributed by atoms with Crippen molar-refractivity contribution >= 4 is 11.6 Å². The van der Waals surface area contributed by atoms with Crippen LogP contribution in [0.25, 0.3) is 0 Å². The van der Waals surface area contributed by atoms with Crippen LogP contribution in [0.15, 0.2) is 54.6 Å². The molecule has 0 radical (unpaired) electrons. The van der Waals surface area contributed by atoms with Gasteiger partial charge in [-0.2, -0.15) is 5.26 Å². The largest absolute Gasteiger partial charge is 0.325 e. The summed E-state index contributed by atoms with van der Waals surface area (Å²) in [6.07, 6.45) is 0. The Morgan fingerprint density at radius 2 is 1.62 bits per heavy atom. The molecule has 2 atom stereocenters. The highest BCUT2D eigenvalue weighted by Crippen LogP contribution is 2.22. The van der Waals surface area contributed by atoms with Gasteiger partial charge in [-0.25, -0.2) is 0 Å². The van der Waals surface area contributed by atoms with Gasteiger partial charge in [0.05, 0.1) is 17.7 Å². The van der Waals surface area contributed by atoms with Gasteiger partial charge in [0.1, 0.15) is 0 Å². The number of rotatable bonds is 6. The number of nitriles is 1. The fourth-order valence-corrected chi connectivity index (χ4v) is 2.56. The zero-order valence-corrected chi connectivity index (χ0v) is 14.3. The zero-order valence-electron chi connectivity index (χ0n) is 14.3. The highest BCUT2D eigenvalue weighted by molar-refractivity contribution is 5.94. The number of hydrogen-bond acceptors (Lipinski definition) is 3. The third-order valence-corrected chi connectivity index (χ3v) is 3.93. The van der Waals surface area contributed by atoms with Gasteiger partial charge in [0.15, 0.2) is 0 Å². The van der Waals surface area contributed by atoms with Gasteiger partial charge >= 0.3 is 0 Å².